The molecule has 0 bridgehead atoms. The summed E-state index contributed by atoms with van der Waals surface area (Å²) >= 11 is 6.06. The van der Waals surface area contributed by atoms with Crippen molar-refractivity contribution in [2.24, 2.45) is 5.92 Å². The van der Waals surface area contributed by atoms with Crippen LogP contribution in [0.5, 0.6) is 5.75 Å². The lowest BCUT2D eigenvalue weighted by Gasteiger charge is -2.08. The molecule has 142 valence electrons. The van der Waals surface area contributed by atoms with E-state index in [0.29, 0.717) is 35.7 Å². The SMILES string of the molecule is O=C(O)COc1ccc(CCNC(=O)C2CC2c2c(F)cccc2Cl)cc1. The second-order valence-electron chi connectivity index (χ2n) is 6.45. The molecule has 2 aromatic rings. The third-order valence-corrected chi connectivity index (χ3v) is 4.83. The molecule has 0 spiro atoms. The molecule has 3 rings (SSSR count). The third-order valence-electron chi connectivity index (χ3n) is 4.50. The lowest BCUT2D eigenvalue weighted by atomic mass is 10.1. The van der Waals surface area contributed by atoms with Crippen LogP contribution in [0.25, 0.3) is 0 Å². The minimum absolute atomic E-state index is 0.0965. The fourth-order valence-electron chi connectivity index (χ4n) is 3.03. The van der Waals surface area contributed by atoms with Crippen LogP contribution in [-0.2, 0) is 16.0 Å². The number of hydrogen-bond acceptors (Lipinski definition) is 3. The number of benzene rings is 2. The van der Waals surface area contributed by atoms with E-state index >= 15 is 0 Å². The van der Waals surface area contributed by atoms with E-state index in [4.69, 9.17) is 21.4 Å². The Morgan fingerprint density at radius 2 is 1.96 bits per heavy atom. The van der Waals surface area contributed by atoms with E-state index in [2.05, 4.69) is 5.32 Å². The van der Waals surface area contributed by atoms with Gasteiger partial charge in [0.1, 0.15) is 11.6 Å². The standard InChI is InChI=1S/C20H19ClFNO4/c21-16-2-1-3-17(22)19(16)14-10-15(14)20(26)23-9-8-12-4-6-13(7-5-12)27-11-18(24)25/h1-7,14-15H,8-11H2,(H,23,26)(H,24,25). The van der Waals surface area contributed by atoms with Crippen molar-refractivity contribution in [3.05, 3.63) is 64.4 Å². The second kappa shape index (κ2) is 8.39. The fourth-order valence-corrected chi connectivity index (χ4v) is 3.33. The van der Waals surface area contributed by atoms with E-state index in [0.717, 1.165) is 5.56 Å². The highest BCUT2D eigenvalue weighted by Crippen LogP contribution is 2.50. The maximum Gasteiger partial charge on any atom is 0.341 e. The molecular formula is C20H19ClFNO4. The quantitative estimate of drug-likeness (QED) is 0.723. The zero-order chi connectivity index (χ0) is 19.4. The zero-order valence-corrected chi connectivity index (χ0v) is 15.2. The van der Waals surface area contributed by atoms with Crippen LogP contribution >= 0.6 is 11.6 Å². The summed E-state index contributed by atoms with van der Waals surface area (Å²) in [4.78, 5) is 22.7. The minimum atomic E-state index is -1.03. The lowest BCUT2D eigenvalue weighted by Crippen LogP contribution is -2.27. The van der Waals surface area contributed by atoms with Crippen LogP contribution in [0.15, 0.2) is 42.5 Å². The number of rotatable bonds is 8. The number of carbonyl (C=O) groups is 2. The number of carboxylic acid groups (broad SMARTS) is 1. The monoisotopic (exact) mass is 391 g/mol. The minimum Gasteiger partial charge on any atom is -0.482 e. The molecule has 2 atom stereocenters. The van der Waals surface area contributed by atoms with E-state index in [1.54, 1.807) is 24.3 Å². The molecule has 0 aliphatic heterocycles. The Kier molecular flexibility index (Phi) is 5.96. The van der Waals surface area contributed by atoms with Crippen LogP contribution in [0.3, 0.4) is 0 Å². The van der Waals surface area contributed by atoms with Gasteiger partial charge in [0, 0.05) is 29.0 Å². The average Bonchev–Trinajstić information content (AvgIpc) is 3.41. The van der Waals surface area contributed by atoms with Crippen LogP contribution in [0.4, 0.5) is 4.39 Å². The van der Waals surface area contributed by atoms with Gasteiger partial charge < -0.3 is 15.2 Å². The molecule has 2 N–H and O–H groups in total. The Balaban J connectivity index is 1.45. The molecule has 1 aliphatic carbocycles. The predicted molar refractivity (Wildman–Crippen MR) is 98.5 cm³/mol. The van der Waals surface area contributed by atoms with Crippen molar-refractivity contribution in [1.82, 2.24) is 5.32 Å². The number of nitrogens with one attached hydrogen (secondary N) is 1. The molecule has 1 amide bonds. The Bertz CT molecular complexity index is 820. The van der Waals surface area contributed by atoms with E-state index in [1.165, 1.54) is 6.07 Å². The highest BCUT2D eigenvalue weighted by Gasteiger charge is 2.46. The van der Waals surface area contributed by atoms with Crippen molar-refractivity contribution in [2.45, 2.75) is 18.8 Å². The van der Waals surface area contributed by atoms with Crippen molar-refractivity contribution in [1.29, 1.82) is 0 Å². The van der Waals surface area contributed by atoms with E-state index in [9.17, 15) is 14.0 Å². The number of ether oxygens (including phenoxy) is 1. The number of aliphatic carboxylic acids is 1. The van der Waals surface area contributed by atoms with Gasteiger partial charge >= 0.3 is 5.97 Å². The van der Waals surface area contributed by atoms with E-state index in [1.807, 2.05) is 12.1 Å². The summed E-state index contributed by atoms with van der Waals surface area (Å²) in [5, 5.41) is 11.8. The van der Waals surface area contributed by atoms with Crippen LogP contribution in [0, 0.1) is 11.7 Å². The van der Waals surface area contributed by atoms with Crippen molar-refractivity contribution in [3.8, 4) is 5.75 Å². The first-order chi connectivity index (χ1) is 13.0. The molecular weight excluding hydrogens is 373 g/mol. The number of halogens is 2. The third kappa shape index (κ3) is 4.98. The van der Waals surface area contributed by atoms with Crippen molar-refractivity contribution >= 4 is 23.5 Å². The normalized spacial score (nSPS) is 18.0. The Labute approximate surface area is 161 Å². The van der Waals surface area contributed by atoms with Gasteiger partial charge in [-0.25, -0.2) is 9.18 Å². The van der Waals surface area contributed by atoms with Crippen LogP contribution in [0.2, 0.25) is 5.02 Å². The highest BCUT2D eigenvalue weighted by atomic mass is 35.5. The van der Waals surface area contributed by atoms with Gasteiger partial charge in [0.15, 0.2) is 6.61 Å². The molecule has 0 radical (unpaired) electrons. The van der Waals surface area contributed by atoms with Crippen LogP contribution < -0.4 is 10.1 Å². The highest BCUT2D eigenvalue weighted by molar-refractivity contribution is 6.31. The number of carboxylic acids is 1. The summed E-state index contributed by atoms with van der Waals surface area (Å²) in [6.07, 6.45) is 1.23. The second-order valence-corrected chi connectivity index (χ2v) is 6.86. The summed E-state index contributed by atoms with van der Waals surface area (Å²) in [6.45, 7) is 0.0758. The molecule has 1 aliphatic rings. The summed E-state index contributed by atoms with van der Waals surface area (Å²) in [5.74, 6) is -1.42. The predicted octanol–water partition coefficient (Wildman–Crippen LogP) is 3.40. The maximum atomic E-state index is 13.9. The lowest BCUT2D eigenvalue weighted by molar-refractivity contribution is -0.139. The van der Waals surface area contributed by atoms with Gasteiger partial charge in [0.05, 0.1) is 0 Å². The van der Waals surface area contributed by atoms with Gasteiger partial charge in [-0.15, -0.1) is 0 Å². The summed E-state index contributed by atoms with van der Waals surface area (Å²) < 4.78 is 19.0. The first kappa shape index (κ1) is 19.2. The maximum absolute atomic E-state index is 13.9. The summed E-state index contributed by atoms with van der Waals surface area (Å²) in [6, 6.07) is 11.6. The Hall–Kier alpha value is -2.60. The van der Waals surface area contributed by atoms with Gasteiger partial charge in [-0.2, -0.15) is 0 Å². The van der Waals surface area contributed by atoms with Gasteiger partial charge in [-0.1, -0.05) is 29.8 Å². The molecule has 27 heavy (non-hydrogen) atoms. The van der Waals surface area contributed by atoms with Crippen molar-refractivity contribution in [2.75, 3.05) is 13.2 Å². The first-order valence-electron chi connectivity index (χ1n) is 8.61. The number of carbonyl (C=O) groups excluding carboxylic acids is 1. The van der Waals surface area contributed by atoms with Gasteiger partial charge in [-0.3, -0.25) is 4.79 Å². The van der Waals surface area contributed by atoms with Crippen molar-refractivity contribution < 1.29 is 23.8 Å². The Morgan fingerprint density at radius 3 is 2.63 bits per heavy atom. The summed E-state index contributed by atoms with van der Waals surface area (Å²) in [7, 11) is 0. The molecule has 0 aromatic heterocycles. The first-order valence-corrected chi connectivity index (χ1v) is 8.98. The molecule has 0 saturated heterocycles. The molecule has 5 nitrogen and oxygen atoms in total. The molecule has 0 heterocycles. The Morgan fingerprint density at radius 1 is 1.22 bits per heavy atom. The number of amides is 1. The topological polar surface area (TPSA) is 75.6 Å². The van der Waals surface area contributed by atoms with Crippen LogP contribution in [-0.4, -0.2) is 30.1 Å². The molecule has 7 heteroatoms. The van der Waals surface area contributed by atoms with E-state index < -0.39 is 5.97 Å². The average molecular weight is 392 g/mol. The zero-order valence-electron chi connectivity index (χ0n) is 14.5. The van der Waals surface area contributed by atoms with Gasteiger partial charge in [0.25, 0.3) is 0 Å². The summed E-state index contributed by atoms with van der Waals surface area (Å²) in [5.41, 5.74) is 1.42. The fraction of sp³-hybridized carbons (Fsp3) is 0.300. The van der Waals surface area contributed by atoms with Gasteiger partial charge in [-0.05, 0) is 42.7 Å². The van der Waals surface area contributed by atoms with Gasteiger partial charge in [0.2, 0.25) is 5.91 Å². The molecule has 2 unspecified atom stereocenters. The molecule has 1 saturated carbocycles. The van der Waals surface area contributed by atoms with Crippen molar-refractivity contribution in [3.63, 3.8) is 0 Å². The molecule has 1 fully saturated rings. The smallest absolute Gasteiger partial charge is 0.341 e. The van der Waals surface area contributed by atoms with Crippen LogP contribution in [0.1, 0.15) is 23.5 Å². The number of hydrogen-bond donors (Lipinski definition) is 2. The molecule has 2 aromatic carbocycles. The largest absolute Gasteiger partial charge is 0.482 e. The van der Waals surface area contributed by atoms with E-state index in [-0.39, 0.29) is 30.2 Å².